The smallest absolute Gasteiger partial charge is 0.191 e. The molecule has 1 aromatic carbocycles. The van der Waals surface area contributed by atoms with Crippen LogP contribution >= 0.6 is 23.5 Å². The molecule has 96 valence electrons. The van der Waals surface area contributed by atoms with E-state index >= 15 is 0 Å². The van der Waals surface area contributed by atoms with Crippen LogP contribution in [0.15, 0.2) is 40.4 Å². The van der Waals surface area contributed by atoms with Crippen LogP contribution < -0.4 is 0 Å². The van der Waals surface area contributed by atoms with Gasteiger partial charge in [0.1, 0.15) is 6.61 Å². The first kappa shape index (κ1) is 13.5. The van der Waals surface area contributed by atoms with E-state index < -0.39 is 0 Å². The molecule has 0 atom stereocenters. The highest BCUT2D eigenvalue weighted by molar-refractivity contribution is 8.02. The third kappa shape index (κ3) is 3.51. The maximum atomic E-state index is 9.02. The minimum Gasteiger partial charge on any atom is -0.388 e. The van der Waals surface area contributed by atoms with Crippen LogP contribution in [0, 0.1) is 0 Å². The van der Waals surface area contributed by atoms with Gasteiger partial charge in [0, 0.05) is 23.4 Å². The Morgan fingerprint density at radius 2 is 1.83 bits per heavy atom. The maximum Gasteiger partial charge on any atom is 0.191 e. The van der Waals surface area contributed by atoms with Crippen LogP contribution in [0.2, 0.25) is 0 Å². The molecule has 1 heterocycles. The average Bonchev–Trinajstić information content (AvgIpc) is 2.77. The number of benzene rings is 1. The van der Waals surface area contributed by atoms with Gasteiger partial charge in [0.25, 0.3) is 0 Å². The first-order valence-electron chi connectivity index (χ1n) is 5.61. The molecule has 18 heavy (non-hydrogen) atoms. The number of aliphatic hydroxyl groups excluding tert-OH is 1. The first-order valence-corrected chi connectivity index (χ1v) is 7.58. The molecule has 0 aliphatic rings. The van der Waals surface area contributed by atoms with Gasteiger partial charge in [-0.05, 0) is 12.1 Å². The van der Waals surface area contributed by atoms with Gasteiger partial charge in [-0.2, -0.15) is 0 Å². The quantitative estimate of drug-likeness (QED) is 0.650. The largest absolute Gasteiger partial charge is 0.388 e. The van der Waals surface area contributed by atoms with Crippen molar-refractivity contribution in [3.8, 4) is 0 Å². The second kappa shape index (κ2) is 6.82. The van der Waals surface area contributed by atoms with Crippen molar-refractivity contribution in [1.82, 2.24) is 14.8 Å². The molecule has 0 amide bonds. The number of nitrogens with zero attached hydrogens (tertiary/aromatic N) is 3. The van der Waals surface area contributed by atoms with Crippen molar-refractivity contribution in [1.29, 1.82) is 0 Å². The van der Waals surface area contributed by atoms with Crippen LogP contribution in [0.25, 0.3) is 0 Å². The zero-order valence-electron chi connectivity index (χ0n) is 10.1. The molecule has 2 aromatic rings. The van der Waals surface area contributed by atoms with E-state index in [4.69, 9.17) is 5.11 Å². The van der Waals surface area contributed by atoms with Crippen LogP contribution in [-0.2, 0) is 13.7 Å². The molecule has 0 bridgehead atoms. The molecule has 1 aromatic heterocycles. The highest BCUT2D eigenvalue weighted by Gasteiger charge is 2.07. The van der Waals surface area contributed by atoms with Crippen LogP contribution in [0.4, 0.5) is 0 Å². The molecule has 0 spiro atoms. The molecule has 0 unspecified atom stereocenters. The zero-order valence-corrected chi connectivity index (χ0v) is 11.7. The molecule has 0 fully saturated rings. The Kier molecular flexibility index (Phi) is 5.10. The molecule has 0 radical (unpaired) electrons. The van der Waals surface area contributed by atoms with E-state index in [-0.39, 0.29) is 6.61 Å². The Morgan fingerprint density at radius 1 is 1.11 bits per heavy atom. The zero-order chi connectivity index (χ0) is 12.8. The lowest BCUT2D eigenvalue weighted by Gasteiger charge is -2.02. The van der Waals surface area contributed by atoms with Crippen molar-refractivity contribution in [2.45, 2.75) is 16.7 Å². The number of thioether (sulfide) groups is 2. The molecule has 2 rings (SSSR count). The van der Waals surface area contributed by atoms with Gasteiger partial charge in [-0.1, -0.05) is 30.0 Å². The van der Waals surface area contributed by atoms with E-state index in [2.05, 4.69) is 22.3 Å². The lowest BCUT2D eigenvalue weighted by atomic mass is 10.4. The molecular formula is C12H15N3OS2. The van der Waals surface area contributed by atoms with Crippen molar-refractivity contribution >= 4 is 23.5 Å². The Labute approximate surface area is 115 Å². The summed E-state index contributed by atoms with van der Waals surface area (Å²) in [6.45, 7) is -0.0666. The van der Waals surface area contributed by atoms with E-state index in [0.29, 0.717) is 5.82 Å². The fourth-order valence-corrected chi connectivity index (χ4v) is 3.25. The van der Waals surface area contributed by atoms with Crippen molar-refractivity contribution in [2.75, 3.05) is 11.5 Å². The lowest BCUT2D eigenvalue weighted by molar-refractivity contribution is 0.266. The van der Waals surface area contributed by atoms with Crippen LogP contribution in [0.5, 0.6) is 0 Å². The minimum atomic E-state index is -0.0666. The minimum absolute atomic E-state index is 0.0666. The van der Waals surface area contributed by atoms with Gasteiger partial charge in [0.15, 0.2) is 11.0 Å². The molecule has 0 aliphatic heterocycles. The highest BCUT2D eigenvalue weighted by atomic mass is 32.2. The van der Waals surface area contributed by atoms with Crippen LogP contribution in [0.3, 0.4) is 0 Å². The molecule has 1 N–H and O–H groups in total. The van der Waals surface area contributed by atoms with Gasteiger partial charge in [-0.15, -0.1) is 22.0 Å². The van der Waals surface area contributed by atoms with E-state index in [0.717, 1.165) is 16.7 Å². The van der Waals surface area contributed by atoms with Gasteiger partial charge in [0.05, 0.1) is 0 Å². The summed E-state index contributed by atoms with van der Waals surface area (Å²) in [5.74, 6) is 2.60. The third-order valence-corrected chi connectivity index (χ3v) is 4.69. The third-order valence-electron chi connectivity index (χ3n) is 2.39. The second-order valence-corrected chi connectivity index (χ2v) is 5.86. The van der Waals surface area contributed by atoms with Gasteiger partial charge in [0.2, 0.25) is 0 Å². The molecule has 0 saturated heterocycles. The standard InChI is InChI=1S/C12H15N3OS2/c1-15-11(9-16)13-14-12(15)18-8-7-17-10-5-3-2-4-6-10/h2-6,16H,7-9H2,1H3. The topological polar surface area (TPSA) is 50.9 Å². The van der Waals surface area contributed by atoms with E-state index in [1.807, 2.05) is 41.6 Å². The Bertz CT molecular complexity index is 487. The van der Waals surface area contributed by atoms with Gasteiger partial charge >= 0.3 is 0 Å². The second-order valence-electron chi connectivity index (χ2n) is 3.63. The average molecular weight is 281 g/mol. The Hall–Kier alpha value is -0.980. The molecule has 6 heteroatoms. The van der Waals surface area contributed by atoms with Crippen molar-refractivity contribution < 1.29 is 5.11 Å². The maximum absolute atomic E-state index is 9.02. The fraction of sp³-hybridized carbons (Fsp3) is 0.333. The first-order chi connectivity index (χ1) is 8.81. The highest BCUT2D eigenvalue weighted by Crippen LogP contribution is 2.21. The number of hydrogen-bond acceptors (Lipinski definition) is 5. The number of aliphatic hydroxyl groups is 1. The monoisotopic (exact) mass is 281 g/mol. The Balaban J connectivity index is 1.77. The van der Waals surface area contributed by atoms with Gasteiger partial charge in [-0.25, -0.2) is 0 Å². The van der Waals surface area contributed by atoms with Crippen molar-refractivity contribution in [3.05, 3.63) is 36.2 Å². The summed E-state index contributed by atoms with van der Waals surface area (Å²) in [7, 11) is 1.87. The Morgan fingerprint density at radius 3 is 2.50 bits per heavy atom. The summed E-state index contributed by atoms with van der Waals surface area (Å²) in [6.07, 6.45) is 0. The van der Waals surface area contributed by atoms with Crippen molar-refractivity contribution in [2.24, 2.45) is 7.05 Å². The fourth-order valence-electron chi connectivity index (χ4n) is 1.42. The summed E-state index contributed by atoms with van der Waals surface area (Å²) >= 11 is 3.49. The summed E-state index contributed by atoms with van der Waals surface area (Å²) < 4.78 is 1.83. The molecule has 4 nitrogen and oxygen atoms in total. The van der Waals surface area contributed by atoms with Crippen LogP contribution in [0.1, 0.15) is 5.82 Å². The lowest BCUT2D eigenvalue weighted by Crippen LogP contribution is -1.99. The number of hydrogen-bond donors (Lipinski definition) is 1. The summed E-state index contributed by atoms with van der Waals surface area (Å²) in [5.41, 5.74) is 0. The summed E-state index contributed by atoms with van der Waals surface area (Å²) in [4.78, 5) is 1.28. The molecule has 0 saturated carbocycles. The van der Waals surface area contributed by atoms with E-state index in [1.165, 1.54) is 4.90 Å². The summed E-state index contributed by atoms with van der Waals surface area (Å²) in [5, 5.41) is 17.8. The predicted octanol–water partition coefficient (Wildman–Crippen LogP) is 2.19. The SMILES string of the molecule is Cn1c(CO)nnc1SCCSc1ccccc1. The van der Waals surface area contributed by atoms with Gasteiger partial charge < -0.3 is 9.67 Å². The van der Waals surface area contributed by atoms with E-state index in [1.54, 1.807) is 11.8 Å². The summed E-state index contributed by atoms with van der Waals surface area (Å²) in [6, 6.07) is 10.3. The van der Waals surface area contributed by atoms with Crippen molar-refractivity contribution in [3.63, 3.8) is 0 Å². The molecular weight excluding hydrogens is 266 g/mol. The normalized spacial score (nSPS) is 10.8. The van der Waals surface area contributed by atoms with E-state index in [9.17, 15) is 0 Å². The number of rotatable bonds is 6. The van der Waals surface area contributed by atoms with Crippen LogP contribution in [-0.4, -0.2) is 31.4 Å². The van der Waals surface area contributed by atoms with Gasteiger partial charge in [-0.3, -0.25) is 0 Å². The predicted molar refractivity (Wildman–Crippen MR) is 74.8 cm³/mol. The molecule has 0 aliphatic carbocycles. The number of aromatic nitrogens is 3.